The Morgan fingerprint density at radius 1 is 0.789 bits per heavy atom. The Labute approximate surface area is 327 Å². The summed E-state index contributed by atoms with van der Waals surface area (Å²) >= 11 is 0. The standard InChI is InChI=1S/C40H46N10O7/c1-19(2)29(47-39(53)55-5)37(51)49-15-7-9-27(49)34-42-23-12-11-21-17-26(41-18-22(21)31(23)45-34)36-44-25-14-13-24-32(33(25)57-36)46-35(43-24)28-10-8-16-50(28)38(52)30(20(3)4)48-40(54)56-6/h11-14,17-20,27-30,41H,7-10,15-16H2,1-6H3,(H,43,46)(H,47,53)(H,48,54)/t27-,28-,29-,30-/m0/s1. The molecule has 2 fully saturated rings. The molecule has 2 aromatic carbocycles. The van der Waals surface area contributed by atoms with Gasteiger partial charge < -0.3 is 44.3 Å². The van der Waals surface area contributed by atoms with Crippen molar-refractivity contribution < 1.29 is 33.1 Å². The minimum Gasteiger partial charge on any atom is -0.453 e. The molecule has 0 radical (unpaired) electrons. The van der Waals surface area contributed by atoms with E-state index in [1.807, 2.05) is 64.2 Å². The predicted octanol–water partition coefficient (Wildman–Crippen LogP) is 5.88. The van der Waals surface area contributed by atoms with E-state index in [1.165, 1.54) is 14.2 Å². The Morgan fingerprint density at radius 3 is 2.07 bits per heavy atom. The number of likely N-dealkylation sites (tertiary alicyclic amines) is 2. The van der Waals surface area contributed by atoms with Crippen molar-refractivity contribution in [3.8, 4) is 11.6 Å². The summed E-state index contributed by atoms with van der Waals surface area (Å²) in [5.41, 5.74) is 4.58. The topological polar surface area (TPSA) is 214 Å². The van der Waals surface area contributed by atoms with Crippen molar-refractivity contribution in [2.45, 2.75) is 77.5 Å². The molecule has 6 heterocycles. The van der Waals surface area contributed by atoms with Gasteiger partial charge in [-0.25, -0.2) is 29.5 Å². The maximum absolute atomic E-state index is 13.7. The van der Waals surface area contributed by atoms with Crippen molar-refractivity contribution in [3.63, 3.8) is 0 Å². The number of nitrogens with zero attached hydrogens (tertiary/aromatic N) is 6. The summed E-state index contributed by atoms with van der Waals surface area (Å²) in [5.74, 6) is 0.937. The number of ether oxygens (including phenoxy) is 2. The van der Waals surface area contributed by atoms with Crippen molar-refractivity contribution in [1.82, 2.24) is 50.3 Å². The average Bonchev–Trinajstić information content (AvgIpc) is 4.05. The molecule has 8 rings (SSSR count). The van der Waals surface area contributed by atoms with Crippen molar-refractivity contribution in [2.75, 3.05) is 27.3 Å². The summed E-state index contributed by atoms with van der Waals surface area (Å²) in [6.45, 7) is 8.63. The molecule has 298 valence electrons. The van der Waals surface area contributed by atoms with Crippen LogP contribution < -0.4 is 10.6 Å². The Balaban J connectivity index is 1.06. The average molecular weight is 779 g/mol. The number of alkyl carbamates (subject to hydrolysis) is 2. The van der Waals surface area contributed by atoms with Crippen LogP contribution in [0.5, 0.6) is 0 Å². The number of oxazole rings is 1. The van der Waals surface area contributed by atoms with Crippen LogP contribution in [0.1, 0.15) is 77.1 Å². The molecule has 2 aliphatic rings. The lowest BCUT2D eigenvalue weighted by Crippen LogP contribution is -2.51. The zero-order chi connectivity index (χ0) is 40.1. The highest BCUT2D eigenvalue weighted by molar-refractivity contribution is 6.05. The zero-order valence-electron chi connectivity index (χ0n) is 32.7. The van der Waals surface area contributed by atoms with Gasteiger partial charge in [-0.1, -0.05) is 33.8 Å². The number of carbonyl (C=O) groups is 4. The number of carbonyl (C=O) groups excluding carboxylic acids is 4. The molecule has 4 atom stereocenters. The molecule has 4 N–H and O–H groups in total. The van der Waals surface area contributed by atoms with Gasteiger partial charge in [-0.3, -0.25) is 9.59 Å². The number of methoxy groups -OCH3 is 2. The van der Waals surface area contributed by atoms with Gasteiger partial charge >= 0.3 is 12.2 Å². The third-order valence-electron chi connectivity index (χ3n) is 11.1. The van der Waals surface area contributed by atoms with E-state index in [9.17, 15) is 19.2 Å². The number of aromatic nitrogens is 6. The number of hydrogen-bond acceptors (Lipinski definition) is 11. The van der Waals surface area contributed by atoms with Gasteiger partial charge in [0.1, 0.15) is 40.2 Å². The minimum atomic E-state index is -0.734. The van der Waals surface area contributed by atoms with E-state index in [0.29, 0.717) is 70.4 Å². The highest BCUT2D eigenvalue weighted by Crippen LogP contribution is 2.37. The van der Waals surface area contributed by atoms with Crippen LogP contribution in [0.2, 0.25) is 0 Å². The monoisotopic (exact) mass is 778 g/mol. The number of imidazole rings is 2. The van der Waals surface area contributed by atoms with Crippen LogP contribution in [0.4, 0.5) is 9.59 Å². The van der Waals surface area contributed by atoms with E-state index in [1.54, 1.807) is 9.80 Å². The normalized spacial score (nSPS) is 18.3. The molecule has 17 heteroatoms. The van der Waals surface area contributed by atoms with E-state index in [0.717, 1.165) is 35.6 Å². The molecule has 17 nitrogen and oxygen atoms in total. The van der Waals surface area contributed by atoms with Crippen LogP contribution in [0.25, 0.3) is 55.5 Å². The summed E-state index contributed by atoms with van der Waals surface area (Å²) in [4.78, 5) is 81.3. The summed E-state index contributed by atoms with van der Waals surface area (Å²) < 4.78 is 15.9. The number of H-pyrrole nitrogens is 2. The molecular weight excluding hydrogens is 733 g/mol. The van der Waals surface area contributed by atoms with Crippen LogP contribution in [0, 0.1) is 11.8 Å². The Hall–Kier alpha value is -6.26. The second-order valence-corrected chi connectivity index (χ2v) is 15.4. The summed E-state index contributed by atoms with van der Waals surface area (Å²) in [6.07, 6.45) is 3.60. The van der Waals surface area contributed by atoms with Crippen molar-refractivity contribution in [3.05, 3.63) is 48.2 Å². The lowest BCUT2D eigenvalue weighted by molar-refractivity contribution is -0.136. The molecule has 6 aromatic rings. The second kappa shape index (κ2) is 15.0. The first kappa shape index (κ1) is 37.7. The second-order valence-electron chi connectivity index (χ2n) is 15.4. The van der Waals surface area contributed by atoms with E-state index in [4.69, 9.17) is 33.8 Å². The SMILES string of the molecule is COC(=O)N[C@H](C(=O)N1CCC[C@H]1c1nc2ccc3cc(-c4nc5ccc6[nH]c([C@@H]7CCCN7C(=O)[C@@H](NC(=O)OC)C(C)C)nc6c5o4)[nH]cc3c2n1)C(C)C. The number of amides is 4. The molecule has 4 amide bonds. The Kier molecular flexibility index (Phi) is 9.91. The molecule has 0 spiro atoms. The van der Waals surface area contributed by atoms with Gasteiger partial charge in [0.15, 0.2) is 11.4 Å². The first-order valence-electron chi connectivity index (χ1n) is 19.3. The maximum Gasteiger partial charge on any atom is 0.407 e. The molecular formula is C40H46N10O7. The smallest absolute Gasteiger partial charge is 0.407 e. The first-order valence-corrected chi connectivity index (χ1v) is 19.3. The van der Waals surface area contributed by atoms with Gasteiger partial charge in [-0.05, 0) is 67.2 Å². The number of aromatic amines is 2. The molecule has 4 aromatic heterocycles. The Morgan fingerprint density at radius 2 is 1.42 bits per heavy atom. The number of pyridine rings is 1. The van der Waals surface area contributed by atoms with Gasteiger partial charge in [0, 0.05) is 24.7 Å². The molecule has 0 unspecified atom stereocenters. The molecule has 2 saturated heterocycles. The quantitative estimate of drug-likeness (QED) is 0.136. The fourth-order valence-corrected chi connectivity index (χ4v) is 8.10. The van der Waals surface area contributed by atoms with E-state index >= 15 is 0 Å². The maximum atomic E-state index is 13.7. The number of rotatable bonds is 9. The Bertz CT molecular complexity index is 2520. The van der Waals surface area contributed by atoms with Crippen LogP contribution in [-0.4, -0.2) is 103 Å². The van der Waals surface area contributed by atoms with Crippen molar-refractivity contribution in [1.29, 1.82) is 0 Å². The van der Waals surface area contributed by atoms with Crippen molar-refractivity contribution >= 4 is 67.9 Å². The summed E-state index contributed by atoms with van der Waals surface area (Å²) in [7, 11) is 2.56. The highest BCUT2D eigenvalue weighted by Gasteiger charge is 2.39. The summed E-state index contributed by atoms with van der Waals surface area (Å²) in [5, 5.41) is 7.13. The first-order chi connectivity index (χ1) is 27.4. The van der Waals surface area contributed by atoms with E-state index < -0.39 is 24.3 Å². The fraction of sp³-hybridized carbons (Fsp3) is 0.450. The molecule has 0 aliphatic carbocycles. The van der Waals surface area contributed by atoms with Crippen LogP contribution in [-0.2, 0) is 19.1 Å². The number of nitrogens with one attached hydrogen (secondary N) is 4. The lowest BCUT2D eigenvalue weighted by Gasteiger charge is -2.29. The third-order valence-corrected chi connectivity index (χ3v) is 11.1. The van der Waals surface area contributed by atoms with Crippen molar-refractivity contribution in [2.24, 2.45) is 11.8 Å². The number of hydrogen-bond donors (Lipinski definition) is 4. The number of fused-ring (bicyclic) bond motifs is 6. The van der Waals surface area contributed by atoms with Gasteiger partial charge in [0.25, 0.3) is 0 Å². The highest BCUT2D eigenvalue weighted by atomic mass is 16.5. The van der Waals surface area contributed by atoms with Crippen LogP contribution in [0.3, 0.4) is 0 Å². The molecule has 0 bridgehead atoms. The minimum absolute atomic E-state index is 0.141. The fourth-order valence-electron chi connectivity index (χ4n) is 8.10. The molecule has 2 aliphatic heterocycles. The van der Waals surface area contributed by atoms with Gasteiger partial charge in [-0.2, -0.15) is 0 Å². The lowest BCUT2D eigenvalue weighted by atomic mass is 10.0. The molecule has 0 saturated carbocycles. The van der Waals surface area contributed by atoms with Gasteiger partial charge in [-0.15, -0.1) is 0 Å². The molecule has 57 heavy (non-hydrogen) atoms. The predicted molar refractivity (Wildman–Crippen MR) is 210 cm³/mol. The van der Waals surface area contributed by atoms with E-state index in [-0.39, 0.29) is 35.7 Å². The largest absolute Gasteiger partial charge is 0.453 e. The number of benzene rings is 2. The summed E-state index contributed by atoms with van der Waals surface area (Å²) in [6, 6.07) is 7.53. The van der Waals surface area contributed by atoms with Gasteiger partial charge in [0.2, 0.25) is 17.7 Å². The van der Waals surface area contributed by atoms with Crippen LogP contribution >= 0.6 is 0 Å². The third kappa shape index (κ3) is 6.84. The van der Waals surface area contributed by atoms with E-state index in [2.05, 4.69) is 20.6 Å². The zero-order valence-corrected chi connectivity index (χ0v) is 32.7. The van der Waals surface area contributed by atoms with Gasteiger partial charge in [0.05, 0.1) is 37.3 Å². The van der Waals surface area contributed by atoms with Crippen LogP contribution in [0.15, 0.2) is 40.9 Å².